The lowest BCUT2D eigenvalue weighted by Crippen LogP contribution is -2.46. The van der Waals surface area contributed by atoms with Crippen LogP contribution in [0.2, 0.25) is 0 Å². The largest absolute Gasteiger partial charge is 0.306 e. The molecule has 0 bridgehead atoms. The number of nitrogens with zero attached hydrogens (tertiary/aromatic N) is 4. The van der Waals surface area contributed by atoms with Gasteiger partial charge in [-0.05, 0) is 0 Å². The Morgan fingerprint density at radius 1 is 1.60 bits per heavy atom. The lowest BCUT2D eigenvalue weighted by Gasteiger charge is -2.31. The average Bonchev–Trinajstić information content (AvgIpc) is 2.31. The molecule has 0 spiro atoms. The highest BCUT2D eigenvalue weighted by Crippen LogP contribution is 2.13. The number of aromatic nitrogens is 2. The predicted octanol–water partition coefficient (Wildman–Crippen LogP) is -0.0535. The van der Waals surface area contributed by atoms with E-state index in [2.05, 4.69) is 26.3 Å². The minimum atomic E-state index is 0.195. The standard InChI is InChI=1S/C10H13N5/c11-1-5-15-6-4-14-10(8-15)9-7-12-2-3-13-9/h2-3,7,10,14H,4-6,8H2. The number of rotatable bonds is 2. The lowest BCUT2D eigenvalue weighted by molar-refractivity contribution is 0.219. The van der Waals surface area contributed by atoms with Gasteiger partial charge in [-0.15, -0.1) is 0 Å². The molecule has 0 aliphatic carbocycles. The summed E-state index contributed by atoms with van der Waals surface area (Å²) in [6.45, 7) is 3.12. The van der Waals surface area contributed by atoms with E-state index in [4.69, 9.17) is 5.26 Å². The minimum absolute atomic E-state index is 0.195. The van der Waals surface area contributed by atoms with Crippen LogP contribution < -0.4 is 5.32 Å². The molecule has 1 saturated heterocycles. The van der Waals surface area contributed by atoms with Crippen molar-refractivity contribution in [2.75, 3.05) is 26.2 Å². The summed E-state index contributed by atoms with van der Waals surface area (Å²) in [5, 5.41) is 12.0. The first-order valence-electron chi connectivity index (χ1n) is 4.99. The molecule has 5 heteroatoms. The van der Waals surface area contributed by atoms with Gasteiger partial charge in [-0.2, -0.15) is 5.26 Å². The van der Waals surface area contributed by atoms with Crippen LogP contribution in [0, 0.1) is 11.3 Å². The molecule has 2 rings (SSSR count). The molecule has 5 nitrogen and oxygen atoms in total. The average molecular weight is 203 g/mol. The Labute approximate surface area is 88.8 Å². The van der Waals surface area contributed by atoms with E-state index in [1.165, 1.54) is 0 Å². The van der Waals surface area contributed by atoms with E-state index in [1.54, 1.807) is 18.6 Å². The van der Waals surface area contributed by atoms with Crippen LogP contribution in [-0.4, -0.2) is 41.0 Å². The fraction of sp³-hybridized carbons (Fsp3) is 0.500. The smallest absolute Gasteiger partial charge is 0.0867 e. The third-order valence-electron chi connectivity index (χ3n) is 2.49. The van der Waals surface area contributed by atoms with Gasteiger partial charge in [0.1, 0.15) is 0 Å². The van der Waals surface area contributed by atoms with Crippen molar-refractivity contribution in [2.45, 2.75) is 6.04 Å². The summed E-state index contributed by atoms with van der Waals surface area (Å²) >= 11 is 0. The van der Waals surface area contributed by atoms with Crippen LogP contribution >= 0.6 is 0 Å². The van der Waals surface area contributed by atoms with Crippen molar-refractivity contribution in [3.8, 4) is 6.07 Å². The van der Waals surface area contributed by atoms with Crippen molar-refractivity contribution in [2.24, 2.45) is 0 Å². The number of hydrogen-bond acceptors (Lipinski definition) is 5. The van der Waals surface area contributed by atoms with E-state index in [1.807, 2.05) is 0 Å². The summed E-state index contributed by atoms with van der Waals surface area (Å²) in [5.74, 6) is 0. The van der Waals surface area contributed by atoms with E-state index in [0.29, 0.717) is 6.54 Å². The topological polar surface area (TPSA) is 64.8 Å². The molecule has 15 heavy (non-hydrogen) atoms. The molecule has 2 heterocycles. The molecule has 1 fully saturated rings. The maximum absolute atomic E-state index is 8.64. The van der Waals surface area contributed by atoms with Crippen LogP contribution in [0.1, 0.15) is 11.7 Å². The second-order valence-corrected chi connectivity index (χ2v) is 3.53. The fourth-order valence-electron chi connectivity index (χ4n) is 1.74. The van der Waals surface area contributed by atoms with Crippen molar-refractivity contribution < 1.29 is 0 Å². The van der Waals surface area contributed by atoms with E-state index in [9.17, 15) is 0 Å². The van der Waals surface area contributed by atoms with Crippen molar-refractivity contribution in [3.63, 3.8) is 0 Å². The molecule has 0 saturated carbocycles. The van der Waals surface area contributed by atoms with E-state index < -0.39 is 0 Å². The van der Waals surface area contributed by atoms with Crippen molar-refractivity contribution in [1.82, 2.24) is 20.2 Å². The first kappa shape index (κ1) is 10.0. The van der Waals surface area contributed by atoms with Crippen LogP contribution in [0.25, 0.3) is 0 Å². The molecule has 1 unspecified atom stereocenters. The minimum Gasteiger partial charge on any atom is -0.306 e. The quantitative estimate of drug-likeness (QED) is 0.682. The summed E-state index contributed by atoms with van der Waals surface area (Å²) in [5.41, 5.74) is 0.945. The summed E-state index contributed by atoms with van der Waals surface area (Å²) in [7, 11) is 0. The molecule has 0 aromatic carbocycles. The zero-order chi connectivity index (χ0) is 10.5. The third-order valence-corrected chi connectivity index (χ3v) is 2.49. The molecular weight excluding hydrogens is 190 g/mol. The monoisotopic (exact) mass is 203 g/mol. The molecule has 78 valence electrons. The molecular formula is C10H13N5. The third kappa shape index (κ3) is 2.49. The van der Waals surface area contributed by atoms with E-state index in [-0.39, 0.29) is 6.04 Å². The Bertz CT molecular complexity index is 345. The molecule has 1 aromatic heterocycles. The van der Waals surface area contributed by atoms with E-state index in [0.717, 1.165) is 25.3 Å². The number of nitrogens with one attached hydrogen (secondary N) is 1. The number of hydrogen-bond donors (Lipinski definition) is 1. The Morgan fingerprint density at radius 2 is 2.53 bits per heavy atom. The number of nitriles is 1. The van der Waals surface area contributed by atoms with Gasteiger partial charge in [0, 0.05) is 32.0 Å². The van der Waals surface area contributed by atoms with Crippen LogP contribution in [0.15, 0.2) is 18.6 Å². The molecule has 0 radical (unpaired) electrons. The first-order chi connectivity index (χ1) is 7.40. The van der Waals surface area contributed by atoms with E-state index >= 15 is 0 Å². The number of piperazine rings is 1. The summed E-state index contributed by atoms with van der Waals surface area (Å²) in [6.07, 6.45) is 5.13. The Hall–Kier alpha value is -1.51. The highest BCUT2D eigenvalue weighted by atomic mass is 15.2. The molecule has 1 aliphatic rings. The maximum Gasteiger partial charge on any atom is 0.0867 e. The van der Waals surface area contributed by atoms with Crippen LogP contribution in [-0.2, 0) is 0 Å². The van der Waals surface area contributed by atoms with Gasteiger partial charge in [-0.1, -0.05) is 0 Å². The summed E-state index contributed by atoms with van der Waals surface area (Å²) < 4.78 is 0. The fourth-order valence-corrected chi connectivity index (χ4v) is 1.74. The van der Waals surface area contributed by atoms with Gasteiger partial charge >= 0.3 is 0 Å². The summed E-state index contributed by atoms with van der Waals surface area (Å²) in [4.78, 5) is 10.4. The Morgan fingerprint density at radius 3 is 3.27 bits per heavy atom. The summed E-state index contributed by atoms with van der Waals surface area (Å²) in [6, 6.07) is 2.37. The SMILES string of the molecule is N#CCN1CCNC(c2cnccn2)C1. The van der Waals surface area contributed by atoms with Gasteiger partial charge in [0.05, 0.1) is 30.5 Å². The maximum atomic E-state index is 8.64. The highest BCUT2D eigenvalue weighted by molar-refractivity contribution is 5.04. The zero-order valence-corrected chi connectivity index (χ0v) is 8.43. The molecule has 1 aromatic rings. The van der Waals surface area contributed by atoms with Gasteiger partial charge in [-0.3, -0.25) is 14.9 Å². The molecule has 1 N–H and O–H groups in total. The zero-order valence-electron chi connectivity index (χ0n) is 8.43. The van der Waals surface area contributed by atoms with Gasteiger partial charge in [0.15, 0.2) is 0 Å². The van der Waals surface area contributed by atoms with Crippen LogP contribution in [0.5, 0.6) is 0 Å². The molecule has 0 amide bonds. The van der Waals surface area contributed by atoms with Gasteiger partial charge in [0.2, 0.25) is 0 Å². The second-order valence-electron chi connectivity index (χ2n) is 3.53. The van der Waals surface area contributed by atoms with Gasteiger partial charge < -0.3 is 5.32 Å². The Balaban J connectivity index is 2.02. The second kappa shape index (κ2) is 4.82. The highest BCUT2D eigenvalue weighted by Gasteiger charge is 2.21. The van der Waals surface area contributed by atoms with Crippen molar-refractivity contribution in [3.05, 3.63) is 24.3 Å². The molecule has 1 atom stereocenters. The van der Waals surface area contributed by atoms with Crippen molar-refractivity contribution >= 4 is 0 Å². The first-order valence-corrected chi connectivity index (χ1v) is 4.99. The van der Waals surface area contributed by atoms with Crippen LogP contribution in [0.4, 0.5) is 0 Å². The van der Waals surface area contributed by atoms with Crippen LogP contribution in [0.3, 0.4) is 0 Å². The lowest BCUT2D eigenvalue weighted by atomic mass is 10.1. The Kier molecular flexibility index (Phi) is 3.22. The normalized spacial score (nSPS) is 22.2. The van der Waals surface area contributed by atoms with Gasteiger partial charge in [0.25, 0.3) is 0 Å². The van der Waals surface area contributed by atoms with Gasteiger partial charge in [-0.25, -0.2) is 0 Å². The molecule has 1 aliphatic heterocycles. The van der Waals surface area contributed by atoms with Crippen molar-refractivity contribution in [1.29, 1.82) is 5.26 Å². The predicted molar refractivity (Wildman–Crippen MR) is 54.8 cm³/mol.